The molecule has 0 saturated carbocycles. The van der Waals surface area contributed by atoms with Crippen LogP contribution in [-0.2, 0) is 4.74 Å². The van der Waals surface area contributed by atoms with Crippen molar-refractivity contribution in [1.29, 1.82) is 0 Å². The van der Waals surface area contributed by atoms with Crippen molar-refractivity contribution in [2.75, 3.05) is 30.9 Å². The van der Waals surface area contributed by atoms with E-state index in [1.807, 2.05) is 12.1 Å². The summed E-state index contributed by atoms with van der Waals surface area (Å²) in [5.41, 5.74) is 3.07. The number of rotatable bonds is 4. The van der Waals surface area contributed by atoms with Crippen LogP contribution in [0.2, 0.25) is 5.02 Å². The number of fused-ring (bicyclic) bond motifs is 1. The Morgan fingerprint density at radius 1 is 1.33 bits per heavy atom. The van der Waals surface area contributed by atoms with Crippen molar-refractivity contribution < 1.29 is 9.84 Å². The highest BCUT2D eigenvalue weighted by Crippen LogP contribution is 2.32. The average molecular weight is 366 g/mol. The molecule has 0 spiro atoms. The molecule has 0 radical (unpaired) electrons. The third-order valence-corrected chi connectivity index (χ3v) is 5.80. The first-order valence-electron chi connectivity index (χ1n) is 8.21. The van der Waals surface area contributed by atoms with Crippen LogP contribution in [0, 0.1) is 0 Å². The Balaban J connectivity index is 1.66. The first-order chi connectivity index (χ1) is 11.7. The van der Waals surface area contributed by atoms with E-state index in [2.05, 4.69) is 21.4 Å². The molecule has 7 heteroatoms. The summed E-state index contributed by atoms with van der Waals surface area (Å²) in [7, 11) is 0. The van der Waals surface area contributed by atoms with Crippen molar-refractivity contribution in [3.05, 3.63) is 28.9 Å². The number of anilines is 1. The zero-order valence-corrected chi connectivity index (χ0v) is 14.8. The predicted molar refractivity (Wildman–Crippen MR) is 101 cm³/mol. The quantitative estimate of drug-likeness (QED) is 0.777. The summed E-state index contributed by atoms with van der Waals surface area (Å²) in [6, 6.07) is 6.43. The van der Waals surface area contributed by atoms with Gasteiger partial charge in [0.1, 0.15) is 5.04 Å². The number of nitrogens with one attached hydrogen (secondary N) is 2. The number of nitrogens with zero attached hydrogens (tertiary/aromatic N) is 1. The Morgan fingerprint density at radius 2 is 2.17 bits per heavy atom. The van der Waals surface area contributed by atoms with Gasteiger partial charge in [0, 0.05) is 35.4 Å². The normalized spacial score (nSPS) is 22.1. The summed E-state index contributed by atoms with van der Waals surface area (Å²) < 4.78 is 5.43. The van der Waals surface area contributed by atoms with Gasteiger partial charge in [0.15, 0.2) is 0 Å². The third-order valence-electron chi connectivity index (χ3n) is 4.43. The number of ether oxygens (including phenoxy) is 1. The number of aliphatic imine (C=N–C) groups is 1. The van der Waals surface area contributed by atoms with Gasteiger partial charge in [-0.15, -0.1) is 11.8 Å². The fraction of sp³-hybridized carbons (Fsp3) is 0.471. The average Bonchev–Trinajstić information content (AvgIpc) is 3.22. The zero-order chi connectivity index (χ0) is 16.5. The maximum atomic E-state index is 9.27. The topological polar surface area (TPSA) is 69.6 Å². The Bertz CT molecular complexity index is 771. The molecule has 1 aromatic heterocycles. The first kappa shape index (κ1) is 16.3. The molecule has 24 heavy (non-hydrogen) atoms. The van der Waals surface area contributed by atoms with Crippen LogP contribution in [0.1, 0.15) is 18.5 Å². The summed E-state index contributed by atoms with van der Waals surface area (Å²) in [5, 5.41) is 15.6. The summed E-state index contributed by atoms with van der Waals surface area (Å²) in [6.07, 6.45) is 2.00. The molecule has 1 atom stereocenters. The Hall–Kier alpha value is -1.21. The number of benzene rings is 1. The number of hydrogen-bond donors (Lipinski definition) is 3. The van der Waals surface area contributed by atoms with Crippen molar-refractivity contribution >= 4 is 45.0 Å². The highest BCUT2D eigenvalue weighted by atomic mass is 35.5. The lowest BCUT2D eigenvalue weighted by atomic mass is 10.1. The van der Waals surface area contributed by atoms with Crippen LogP contribution < -0.4 is 5.32 Å². The van der Waals surface area contributed by atoms with Gasteiger partial charge in [0.2, 0.25) is 0 Å². The number of aromatic amines is 1. The van der Waals surface area contributed by atoms with Crippen molar-refractivity contribution in [3.8, 4) is 0 Å². The molecule has 2 aliphatic heterocycles. The monoisotopic (exact) mass is 365 g/mol. The standard InChI is InChI=1S/C17H20ClN3O2S/c18-11-5-10-6-15(17-20-13(8-22)9-24-17)21-16(10)14(7-11)19-12-1-3-23-4-2-12/h5-7,12-13,19,21-22H,1-4,8-9H2. The molecule has 0 amide bonds. The van der Waals surface area contributed by atoms with Gasteiger partial charge in [-0.3, -0.25) is 4.99 Å². The molecule has 5 nitrogen and oxygen atoms in total. The molecule has 1 saturated heterocycles. The minimum Gasteiger partial charge on any atom is -0.394 e. The molecule has 1 aromatic carbocycles. The van der Waals surface area contributed by atoms with Gasteiger partial charge in [0.05, 0.1) is 29.5 Å². The maximum Gasteiger partial charge on any atom is 0.115 e. The van der Waals surface area contributed by atoms with E-state index in [-0.39, 0.29) is 12.6 Å². The number of aromatic nitrogens is 1. The number of halogens is 1. The fourth-order valence-corrected chi connectivity index (χ4v) is 4.40. The second-order valence-corrected chi connectivity index (χ2v) is 7.66. The number of aliphatic hydroxyl groups is 1. The van der Waals surface area contributed by atoms with Crippen molar-refractivity contribution in [1.82, 2.24) is 4.98 Å². The van der Waals surface area contributed by atoms with Gasteiger partial charge < -0.3 is 20.1 Å². The summed E-state index contributed by atoms with van der Waals surface area (Å²) >= 11 is 7.99. The van der Waals surface area contributed by atoms with Crippen LogP contribution in [0.15, 0.2) is 23.2 Å². The summed E-state index contributed by atoms with van der Waals surface area (Å²) in [6.45, 7) is 1.69. The zero-order valence-electron chi connectivity index (χ0n) is 13.2. The van der Waals surface area contributed by atoms with Gasteiger partial charge in [0.25, 0.3) is 0 Å². The lowest BCUT2D eigenvalue weighted by molar-refractivity contribution is 0.0905. The number of aliphatic hydroxyl groups excluding tert-OH is 1. The van der Waals surface area contributed by atoms with E-state index < -0.39 is 0 Å². The van der Waals surface area contributed by atoms with Gasteiger partial charge >= 0.3 is 0 Å². The maximum absolute atomic E-state index is 9.27. The Morgan fingerprint density at radius 3 is 2.92 bits per heavy atom. The molecule has 1 fully saturated rings. The predicted octanol–water partition coefficient (Wildman–Crippen LogP) is 3.27. The minimum absolute atomic E-state index is 0.000153. The van der Waals surface area contributed by atoms with Crippen molar-refractivity contribution in [2.45, 2.75) is 24.9 Å². The van der Waals surface area contributed by atoms with E-state index in [9.17, 15) is 5.11 Å². The van der Waals surface area contributed by atoms with E-state index in [1.54, 1.807) is 11.8 Å². The van der Waals surface area contributed by atoms with Crippen molar-refractivity contribution in [3.63, 3.8) is 0 Å². The lowest BCUT2D eigenvalue weighted by Crippen LogP contribution is -2.27. The summed E-state index contributed by atoms with van der Waals surface area (Å²) in [5.74, 6) is 0.829. The Kier molecular flexibility index (Phi) is 4.72. The smallest absolute Gasteiger partial charge is 0.115 e. The highest BCUT2D eigenvalue weighted by Gasteiger charge is 2.21. The lowest BCUT2D eigenvalue weighted by Gasteiger charge is -2.24. The van der Waals surface area contributed by atoms with Gasteiger partial charge in [-0.2, -0.15) is 0 Å². The van der Waals surface area contributed by atoms with Gasteiger partial charge in [-0.1, -0.05) is 11.6 Å². The van der Waals surface area contributed by atoms with Gasteiger partial charge in [-0.05, 0) is 31.0 Å². The first-order valence-corrected chi connectivity index (χ1v) is 9.57. The number of H-pyrrole nitrogens is 1. The molecule has 1 unspecified atom stereocenters. The molecular weight excluding hydrogens is 346 g/mol. The Labute approximate surface area is 149 Å². The van der Waals surface area contributed by atoms with E-state index in [0.717, 1.165) is 64.2 Å². The summed E-state index contributed by atoms with van der Waals surface area (Å²) in [4.78, 5) is 8.05. The molecule has 3 N–H and O–H groups in total. The van der Waals surface area contributed by atoms with Crippen LogP contribution in [0.25, 0.3) is 10.9 Å². The van der Waals surface area contributed by atoms with Crippen LogP contribution in [0.5, 0.6) is 0 Å². The van der Waals surface area contributed by atoms with E-state index >= 15 is 0 Å². The van der Waals surface area contributed by atoms with Gasteiger partial charge in [-0.25, -0.2) is 0 Å². The molecule has 2 aliphatic rings. The van der Waals surface area contributed by atoms with Crippen molar-refractivity contribution in [2.24, 2.45) is 4.99 Å². The minimum atomic E-state index is -0.000153. The molecular formula is C17H20ClN3O2S. The van der Waals surface area contributed by atoms with E-state index in [0.29, 0.717) is 6.04 Å². The fourth-order valence-electron chi connectivity index (χ4n) is 3.15. The number of hydrogen-bond acceptors (Lipinski definition) is 5. The number of thioether (sulfide) groups is 1. The highest BCUT2D eigenvalue weighted by molar-refractivity contribution is 8.14. The molecule has 2 aromatic rings. The van der Waals surface area contributed by atoms with E-state index in [1.165, 1.54) is 0 Å². The van der Waals surface area contributed by atoms with Crippen LogP contribution in [0.3, 0.4) is 0 Å². The third kappa shape index (κ3) is 3.28. The van der Waals surface area contributed by atoms with Crippen LogP contribution >= 0.6 is 23.4 Å². The molecule has 128 valence electrons. The second-order valence-electron chi connectivity index (χ2n) is 6.21. The molecule has 4 rings (SSSR count). The largest absolute Gasteiger partial charge is 0.394 e. The molecule has 0 aliphatic carbocycles. The molecule has 0 bridgehead atoms. The SMILES string of the molecule is OCC1CSC(c2cc3cc(Cl)cc(NC4CCOCC4)c3[nH]2)=N1. The molecule has 3 heterocycles. The van der Waals surface area contributed by atoms with Crippen LogP contribution in [-0.4, -0.2) is 52.8 Å². The second kappa shape index (κ2) is 6.96. The van der Waals surface area contributed by atoms with E-state index in [4.69, 9.17) is 16.3 Å². The van der Waals surface area contributed by atoms with Crippen LogP contribution in [0.4, 0.5) is 5.69 Å².